The minimum Gasteiger partial charge on any atom is -0.444 e. The Morgan fingerprint density at radius 2 is 2.36 bits per heavy atom. The number of hydrogen-bond acceptors (Lipinski definition) is 3. The van der Waals surface area contributed by atoms with Crippen molar-refractivity contribution < 1.29 is 14.3 Å². The van der Waals surface area contributed by atoms with Gasteiger partial charge in [0.15, 0.2) is 0 Å². The number of nitrogens with two attached hydrogens (primary N) is 1. The average Bonchev–Trinajstić information content (AvgIpc) is 2.32. The van der Waals surface area contributed by atoms with Crippen LogP contribution in [0.2, 0.25) is 0 Å². The summed E-state index contributed by atoms with van der Waals surface area (Å²) >= 11 is 0. The fourth-order valence-corrected chi connectivity index (χ4v) is 1.75. The molecular weight excluding hydrogens is 184 g/mol. The van der Waals surface area contributed by atoms with E-state index in [9.17, 15) is 9.59 Å². The molecule has 1 rings (SSSR count). The number of amides is 2. The van der Waals surface area contributed by atoms with Gasteiger partial charge in [-0.05, 0) is 26.7 Å². The molecule has 0 aliphatic carbocycles. The van der Waals surface area contributed by atoms with Gasteiger partial charge in [0.05, 0.1) is 0 Å². The molecule has 0 saturated carbocycles. The predicted molar refractivity (Wildman–Crippen MR) is 50.5 cm³/mol. The van der Waals surface area contributed by atoms with Crippen LogP contribution in [0.15, 0.2) is 0 Å². The fraction of sp³-hybridized carbons (Fsp3) is 0.778. The molecule has 0 aromatic heterocycles. The molecule has 1 aliphatic heterocycles. The van der Waals surface area contributed by atoms with Crippen LogP contribution in [0.25, 0.3) is 0 Å². The molecule has 0 bridgehead atoms. The molecule has 14 heavy (non-hydrogen) atoms. The van der Waals surface area contributed by atoms with E-state index >= 15 is 0 Å². The first kappa shape index (κ1) is 10.8. The van der Waals surface area contributed by atoms with E-state index < -0.39 is 11.7 Å². The largest absolute Gasteiger partial charge is 0.444 e. The van der Waals surface area contributed by atoms with E-state index in [1.807, 2.05) is 0 Å². The summed E-state index contributed by atoms with van der Waals surface area (Å²) in [4.78, 5) is 21.8. The van der Waals surface area contributed by atoms with Crippen molar-refractivity contribution in [1.29, 1.82) is 0 Å². The van der Waals surface area contributed by atoms with Gasteiger partial charge in [0.2, 0.25) is 5.91 Å². The summed E-state index contributed by atoms with van der Waals surface area (Å²) in [5.41, 5.74) is 4.26. The molecule has 1 aliphatic rings. The van der Waals surface area contributed by atoms with Gasteiger partial charge < -0.3 is 15.8 Å². The molecular formula is C9H16N2O3. The second-order valence-electron chi connectivity index (χ2n) is 4.16. The highest BCUT2D eigenvalue weighted by molar-refractivity contribution is 5.80. The maximum absolute atomic E-state index is 11.3. The molecule has 0 unspecified atom stereocenters. The molecule has 0 aromatic carbocycles. The Bertz CT molecular complexity index is 250. The lowest BCUT2D eigenvalue weighted by atomic mass is 9.92. The van der Waals surface area contributed by atoms with Crippen LogP contribution in [0.1, 0.15) is 26.7 Å². The molecule has 3 N–H and O–H groups in total. The van der Waals surface area contributed by atoms with Crippen molar-refractivity contribution in [2.24, 2.45) is 11.7 Å². The number of carbonyl (C=O) groups excluding carboxylic acids is 2. The van der Waals surface area contributed by atoms with Crippen molar-refractivity contribution in [1.82, 2.24) is 5.32 Å². The number of nitrogens with one attached hydrogen (secondary N) is 1. The molecule has 1 atom stereocenters. The van der Waals surface area contributed by atoms with E-state index in [-0.39, 0.29) is 11.8 Å². The van der Waals surface area contributed by atoms with Gasteiger partial charge in [0.1, 0.15) is 5.60 Å². The van der Waals surface area contributed by atoms with E-state index in [2.05, 4.69) is 5.32 Å². The topological polar surface area (TPSA) is 81.4 Å². The predicted octanol–water partition coefficient (Wildman–Crippen LogP) is 0.387. The first-order valence-electron chi connectivity index (χ1n) is 4.67. The third-order valence-electron chi connectivity index (χ3n) is 2.28. The minimum atomic E-state index is -0.798. The highest BCUT2D eigenvalue weighted by atomic mass is 16.6. The van der Waals surface area contributed by atoms with Gasteiger partial charge in [-0.1, -0.05) is 0 Å². The molecule has 0 radical (unpaired) electrons. The van der Waals surface area contributed by atoms with E-state index in [4.69, 9.17) is 10.5 Å². The normalized spacial score (nSPS) is 21.9. The molecule has 1 fully saturated rings. The van der Waals surface area contributed by atoms with E-state index in [1.165, 1.54) is 0 Å². The Kier molecular flexibility index (Phi) is 2.98. The van der Waals surface area contributed by atoms with E-state index in [0.29, 0.717) is 13.0 Å². The van der Waals surface area contributed by atoms with Crippen LogP contribution >= 0.6 is 0 Å². The molecule has 80 valence electrons. The summed E-state index contributed by atoms with van der Waals surface area (Å²) in [6, 6.07) is 0. The van der Waals surface area contributed by atoms with Gasteiger partial charge in [-0.15, -0.1) is 0 Å². The van der Waals surface area contributed by atoms with Gasteiger partial charge in [-0.3, -0.25) is 4.79 Å². The van der Waals surface area contributed by atoms with Crippen LogP contribution in [-0.2, 0) is 9.53 Å². The molecule has 1 saturated heterocycles. The molecule has 1 heterocycles. The van der Waals surface area contributed by atoms with Gasteiger partial charge >= 0.3 is 6.09 Å². The van der Waals surface area contributed by atoms with Crippen molar-refractivity contribution >= 4 is 12.0 Å². The number of rotatable bonds is 3. The number of carbonyl (C=O) groups is 2. The highest BCUT2D eigenvalue weighted by Gasteiger charge is 2.32. The number of primary amides is 1. The summed E-state index contributed by atoms with van der Waals surface area (Å²) in [5.74, 6) is -0.0319. The maximum Gasteiger partial charge on any atom is 0.405 e. The minimum absolute atomic E-state index is 0.0335. The third-order valence-corrected chi connectivity index (χ3v) is 2.28. The Labute approximate surface area is 83.0 Å². The lowest BCUT2D eigenvalue weighted by molar-refractivity contribution is -0.124. The lowest BCUT2D eigenvalue weighted by Crippen LogP contribution is -2.35. The van der Waals surface area contributed by atoms with Crippen LogP contribution in [0.5, 0.6) is 0 Å². The van der Waals surface area contributed by atoms with Crippen molar-refractivity contribution in [3.05, 3.63) is 0 Å². The smallest absolute Gasteiger partial charge is 0.405 e. The van der Waals surface area contributed by atoms with E-state index in [0.717, 1.165) is 6.42 Å². The molecule has 0 spiro atoms. The van der Waals surface area contributed by atoms with Crippen molar-refractivity contribution in [3.63, 3.8) is 0 Å². The zero-order valence-electron chi connectivity index (χ0n) is 8.50. The van der Waals surface area contributed by atoms with Crippen molar-refractivity contribution in [2.75, 3.05) is 6.54 Å². The van der Waals surface area contributed by atoms with Gasteiger partial charge in [-0.25, -0.2) is 4.79 Å². The lowest BCUT2D eigenvalue weighted by Gasteiger charge is -2.25. The summed E-state index contributed by atoms with van der Waals surface area (Å²) in [6.45, 7) is 4.21. The Hall–Kier alpha value is -1.26. The first-order chi connectivity index (χ1) is 6.41. The van der Waals surface area contributed by atoms with Gasteiger partial charge in [0, 0.05) is 12.5 Å². The summed E-state index contributed by atoms with van der Waals surface area (Å²) in [7, 11) is 0. The average molecular weight is 200 g/mol. The van der Waals surface area contributed by atoms with Crippen LogP contribution in [0, 0.1) is 5.92 Å². The van der Waals surface area contributed by atoms with Crippen LogP contribution in [-0.4, -0.2) is 24.1 Å². The van der Waals surface area contributed by atoms with Gasteiger partial charge in [0.25, 0.3) is 0 Å². The second kappa shape index (κ2) is 3.86. The Balaban J connectivity index is 2.49. The Morgan fingerprint density at radius 1 is 1.71 bits per heavy atom. The fourth-order valence-electron chi connectivity index (χ4n) is 1.75. The monoisotopic (exact) mass is 200 g/mol. The van der Waals surface area contributed by atoms with Crippen LogP contribution < -0.4 is 11.1 Å². The van der Waals surface area contributed by atoms with Crippen molar-refractivity contribution in [2.45, 2.75) is 32.3 Å². The highest BCUT2D eigenvalue weighted by Crippen LogP contribution is 2.25. The molecule has 5 nitrogen and oxygen atoms in total. The summed E-state index contributed by atoms with van der Waals surface area (Å²) in [5, 5.41) is 2.73. The zero-order chi connectivity index (χ0) is 10.8. The van der Waals surface area contributed by atoms with Crippen LogP contribution in [0.4, 0.5) is 4.79 Å². The standard InChI is InChI=1S/C9H16N2O3/c1-9(2,14-8(10)13)5-6-3-4-11-7(6)12/h6H,3-5H2,1-2H3,(H2,10,13)(H,11,12)/t6-/m0/s1. The quantitative estimate of drug-likeness (QED) is 0.691. The molecule has 5 heteroatoms. The van der Waals surface area contributed by atoms with E-state index in [1.54, 1.807) is 13.8 Å². The number of hydrogen-bond donors (Lipinski definition) is 2. The zero-order valence-corrected chi connectivity index (χ0v) is 8.50. The second-order valence-corrected chi connectivity index (χ2v) is 4.16. The maximum atomic E-state index is 11.3. The third kappa shape index (κ3) is 2.90. The first-order valence-corrected chi connectivity index (χ1v) is 4.67. The summed E-state index contributed by atoms with van der Waals surface area (Å²) < 4.78 is 4.91. The van der Waals surface area contributed by atoms with Crippen molar-refractivity contribution in [3.8, 4) is 0 Å². The molecule has 0 aromatic rings. The SMILES string of the molecule is CC(C)(C[C@@H]1CCNC1=O)OC(N)=O. The van der Waals surface area contributed by atoms with Gasteiger partial charge in [-0.2, -0.15) is 0 Å². The summed E-state index contributed by atoms with van der Waals surface area (Å²) in [6.07, 6.45) is 0.514. The number of ether oxygens (including phenoxy) is 1. The Morgan fingerprint density at radius 3 is 2.79 bits per heavy atom. The molecule has 2 amide bonds. The van der Waals surface area contributed by atoms with Crippen LogP contribution in [0.3, 0.4) is 0 Å².